The van der Waals surface area contributed by atoms with Crippen LogP contribution in [0.15, 0.2) is 48.7 Å². The Kier molecular flexibility index (Phi) is 5.95. The monoisotopic (exact) mass is 486 g/mol. The van der Waals surface area contributed by atoms with E-state index in [0.29, 0.717) is 18.7 Å². The summed E-state index contributed by atoms with van der Waals surface area (Å²) in [6.07, 6.45) is 4.83. The topological polar surface area (TPSA) is 59.6 Å². The molecule has 0 saturated heterocycles. The number of anilines is 1. The molecule has 0 spiro atoms. The first kappa shape index (κ1) is 23.0. The lowest BCUT2D eigenvalue weighted by atomic mass is 9.99. The summed E-state index contributed by atoms with van der Waals surface area (Å²) in [6, 6.07) is 9.25. The quantitative estimate of drug-likeness (QED) is 0.577. The molecule has 9 heteroatoms. The van der Waals surface area contributed by atoms with Gasteiger partial charge >= 0.3 is 10.2 Å². The number of rotatable bonds is 5. The van der Waals surface area contributed by atoms with Gasteiger partial charge in [-0.2, -0.15) is 12.7 Å². The maximum absolute atomic E-state index is 14.7. The number of H-pyrrole nitrogens is 1. The van der Waals surface area contributed by atoms with Crippen molar-refractivity contribution >= 4 is 32.4 Å². The molecule has 180 valence electrons. The van der Waals surface area contributed by atoms with E-state index in [0.717, 1.165) is 29.4 Å². The van der Waals surface area contributed by atoms with Crippen molar-refractivity contribution in [3.05, 3.63) is 71.4 Å². The molecule has 2 aliphatic heterocycles. The molecule has 2 aromatic carbocycles. The molecule has 0 bridgehead atoms. The Labute approximate surface area is 198 Å². The average Bonchev–Trinajstić information content (AvgIpc) is 3.21. The second kappa shape index (κ2) is 8.79. The van der Waals surface area contributed by atoms with E-state index in [1.165, 1.54) is 32.4 Å². The van der Waals surface area contributed by atoms with Gasteiger partial charge in [-0.05, 0) is 55.7 Å². The van der Waals surface area contributed by atoms with Crippen molar-refractivity contribution in [3.63, 3.8) is 0 Å². The lowest BCUT2D eigenvalue weighted by molar-refractivity contribution is 0.304. The molecular formula is C25H28F2N4O2S. The number of benzene rings is 2. The van der Waals surface area contributed by atoms with Crippen LogP contribution in [0.4, 0.5) is 14.5 Å². The molecule has 0 radical (unpaired) electrons. The summed E-state index contributed by atoms with van der Waals surface area (Å²) in [7, 11) is -3.82. The fourth-order valence-electron chi connectivity index (χ4n) is 4.89. The molecule has 1 aromatic heterocycles. The summed E-state index contributed by atoms with van der Waals surface area (Å²) in [5, 5.41) is 0.987. The molecule has 0 aliphatic carbocycles. The van der Waals surface area contributed by atoms with E-state index in [4.69, 9.17) is 0 Å². The fraction of sp³-hybridized carbons (Fsp3) is 0.360. The second-order valence-corrected chi connectivity index (χ2v) is 10.9. The van der Waals surface area contributed by atoms with Gasteiger partial charge < -0.3 is 4.98 Å². The average molecular weight is 487 g/mol. The smallest absolute Gasteiger partial charge is 0.304 e. The van der Waals surface area contributed by atoms with Gasteiger partial charge in [-0.15, -0.1) is 0 Å². The summed E-state index contributed by atoms with van der Waals surface area (Å²) < 4.78 is 57.5. The highest BCUT2D eigenvalue weighted by Crippen LogP contribution is 2.36. The normalized spacial score (nSPS) is 19.0. The second-order valence-electron chi connectivity index (χ2n) is 9.14. The Morgan fingerprint density at radius 3 is 2.68 bits per heavy atom. The highest BCUT2D eigenvalue weighted by atomic mass is 32.2. The van der Waals surface area contributed by atoms with E-state index in [1.54, 1.807) is 18.2 Å². The Morgan fingerprint density at radius 1 is 1.12 bits per heavy atom. The Balaban J connectivity index is 1.34. The van der Waals surface area contributed by atoms with Gasteiger partial charge in [0.15, 0.2) is 0 Å². The number of aromatic amines is 1. The van der Waals surface area contributed by atoms with Crippen LogP contribution in [-0.4, -0.2) is 54.8 Å². The first-order chi connectivity index (χ1) is 16.3. The zero-order valence-electron chi connectivity index (χ0n) is 19.3. The molecule has 34 heavy (non-hydrogen) atoms. The van der Waals surface area contributed by atoms with Gasteiger partial charge in [0.05, 0.1) is 5.69 Å². The van der Waals surface area contributed by atoms with Crippen molar-refractivity contribution in [3.8, 4) is 0 Å². The maximum Gasteiger partial charge on any atom is 0.304 e. The highest BCUT2D eigenvalue weighted by Gasteiger charge is 2.39. The largest absolute Gasteiger partial charge is 0.360 e. The van der Waals surface area contributed by atoms with Crippen molar-refractivity contribution in [1.82, 2.24) is 14.2 Å². The summed E-state index contributed by atoms with van der Waals surface area (Å²) in [5.41, 5.74) is 3.86. The van der Waals surface area contributed by atoms with Gasteiger partial charge in [0.2, 0.25) is 0 Å². The number of para-hydroxylation sites is 1. The third-order valence-electron chi connectivity index (χ3n) is 6.70. The lowest BCUT2D eigenvalue weighted by Crippen LogP contribution is -2.52. The SMILES string of the molecule is CC(C)N1Cc2cccc(F)c2N(CCN2CC=C(c3c[nH]c4cc(F)ccc34)CC2)S1(=O)=O. The Hall–Kier alpha value is -2.75. The van der Waals surface area contributed by atoms with Crippen LogP contribution in [0.25, 0.3) is 16.5 Å². The van der Waals surface area contributed by atoms with Gasteiger partial charge in [-0.3, -0.25) is 9.21 Å². The van der Waals surface area contributed by atoms with E-state index in [1.807, 2.05) is 20.0 Å². The third-order valence-corrected chi connectivity index (χ3v) is 8.76. The van der Waals surface area contributed by atoms with Crippen LogP contribution in [-0.2, 0) is 16.8 Å². The predicted octanol–water partition coefficient (Wildman–Crippen LogP) is 4.51. The van der Waals surface area contributed by atoms with Crippen molar-refractivity contribution in [2.24, 2.45) is 0 Å². The number of fused-ring (bicyclic) bond motifs is 2. The Morgan fingerprint density at radius 2 is 1.94 bits per heavy atom. The molecule has 0 fully saturated rings. The van der Waals surface area contributed by atoms with Gasteiger partial charge in [-0.25, -0.2) is 8.78 Å². The molecule has 2 aliphatic rings. The summed E-state index contributed by atoms with van der Waals surface area (Å²) in [6.45, 7) is 5.91. The number of hydrogen-bond donors (Lipinski definition) is 1. The van der Waals surface area contributed by atoms with Gasteiger partial charge in [0, 0.05) is 61.4 Å². The van der Waals surface area contributed by atoms with Crippen molar-refractivity contribution in [1.29, 1.82) is 0 Å². The molecular weight excluding hydrogens is 458 g/mol. The number of aromatic nitrogens is 1. The van der Waals surface area contributed by atoms with E-state index >= 15 is 0 Å². The fourth-order valence-corrected chi connectivity index (χ4v) is 6.73. The zero-order chi connectivity index (χ0) is 24.0. The van der Waals surface area contributed by atoms with Crippen LogP contribution in [0.2, 0.25) is 0 Å². The van der Waals surface area contributed by atoms with E-state index in [2.05, 4.69) is 16.0 Å². The van der Waals surface area contributed by atoms with Crippen molar-refractivity contribution in [2.45, 2.75) is 32.9 Å². The van der Waals surface area contributed by atoms with E-state index in [-0.39, 0.29) is 30.6 Å². The van der Waals surface area contributed by atoms with E-state index < -0.39 is 16.0 Å². The number of nitrogens with zero attached hydrogens (tertiary/aromatic N) is 3. The number of nitrogens with one attached hydrogen (secondary N) is 1. The first-order valence-electron chi connectivity index (χ1n) is 11.5. The lowest BCUT2D eigenvalue weighted by Gasteiger charge is -2.40. The molecule has 0 saturated carbocycles. The van der Waals surface area contributed by atoms with Gasteiger partial charge in [-0.1, -0.05) is 18.2 Å². The van der Waals surface area contributed by atoms with Crippen LogP contribution >= 0.6 is 0 Å². The Bertz CT molecular complexity index is 1370. The van der Waals surface area contributed by atoms with Gasteiger partial charge in [0.25, 0.3) is 0 Å². The maximum atomic E-state index is 14.7. The molecule has 3 heterocycles. The minimum atomic E-state index is -3.82. The minimum Gasteiger partial charge on any atom is -0.360 e. The van der Waals surface area contributed by atoms with Crippen LogP contribution in [0.5, 0.6) is 0 Å². The molecule has 3 aromatic rings. The first-order valence-corrected chi connectivity index (χ1v) is 12.9. The third kappa shape index (κ3) is 4.01. The van der Waals surface area contributed by atoms with Crippen LogP contribution < -0.4 is 4.31 Å². The molecule has 0 amide bonds. The standard InChI is InChI=1S/C25H28F2N4O2S/c1-17(2)31-16-19-4-3-5-23(27)25(19)30(34(31,32)33)13-12-29-10-8-18(9-11-29)22-15-28-24-14-20(26)6-7-21(22)24/h3-8,14-15,17,28H,9-13,16H2,1-2H3. The number of hydrogen-bond acceptors (Lipinski definition) is 3. The van der Waals surface area contributed by atoms with Crippen molar-refractivity contribution < 1.29 is 17.2 Å². The summed E-state index contributed by atoms with van der Waals surface area (Å²) in [5.74, 6) is -0.785. The van der Waals surface area contributed by atoms with Gasteiger partial charge in [0.1, 0.15) is 11.6 Å². The van der Waals surface area contributed by atoms with E-state index in [9.17, 15) is 17.2 Å². The predicted molar refractivity (Wildman–Crippen MR) is 131 cm³/mol. The van der Waals surface area contributed by atoms with Crippen LogP contribution in [0, 0.1) is 11.6 Å². The number of halogens is 2. The minimum absolute atomic E-state index is 0.165. The highest BCUT2D eigenvalue weighted by molar-refractivity contribution is 7.90. The molecule has 0 atom stereocenters. The zero-order valence-corrected chi connectivity index (χ0v) is 20.1. The molecule has 0 unspecified atom stereocenters. The summed E-state index contributed by atoms with van der Waals surface area (Å²) in [4.78, 5) is 5.30. The summed E-state index contributed by atoms with van der Waals surface area (Å²) >= 11 is 0. The molecule has 6 nitrogen and oxygen atoms in total. The van der Waals surface area contributed by atoms with Crippen LogP contribution in [0.3, 0.4) is 0 Å². The van der Waals surface area contributed by atoms with Crippen molar-refractivity contribution in [2.75, 3.05) is 30.5 Å². The molecule has 5 rings (SSSR count). The van der Waals surface area contributed by atoms with Crippen LogP contribution in [0.1, 0.15) is 31.4 Å². The molecule has 1 N–H and O–H groups in total.